The molecule has 2 aromatic carbocycles. The normalized spacial score (nSPS) is 17.0. The molecule has 5 heteroatoms. The van der Waals surface area contributed by atoms with Crippen molar-refractivity contribution in [1.29, 1.82) is 0 Å². The Balaban J connectivity index is 1.19. The number of nitrogens with zero attached hydrogens (tertiary/aromatic N) is 2. The summed E-state index contributed by atoms with van der Waals surface area (Å²) in [5.74, 6) is -0.322. The monoisotopic (exact) mass is 399 g/mol. The highest BCUT2D eigenvalue weighted by Gasteiger charge is 2.34. The zero-order chi connectivity index (χ0) is 20.7. The number of benzene rings is 2. The van der Waals surface area contributed by atoms with Crippen LogP contribution in [0.2, 0.25) is 0 Å². The number of hydrogen-bond donors (Lipinski definition) is 1. The highest BCUT2D eigenvalue weighted by molar-refractivity contribution is 6.21. The Morgan fingerprint density at radius 2 is 1.70 bits per heavy atom. The van der Waals surface area contributed by atoms with Crippen molar-refractivity contribution in [2.75, 3.05) is 26.2 Å². The Labute approximate surface area is 176 Å². The van der Waals surface area contributed by atoms with Crippen molar-refractivity contribution in [1.82, 2.24) is 14.8 Å². The molecule has 0 unspecified atom stereocenters. The van der Waals surface area contributed by atoms with Gasteiger partial charge in [0.05, 0.1) is 11.1 Å². The zero-order valence-electron chi connectivity index (χ0n) is 17.1. The van der Waals surface area contributed by atoms with Crippen molar-refractivity contribution in [2.45, 2.75) is 19.8 Å². The second-order valence-corrected chi connectivity index (χ2v) is 8.14. The Morgan fingerprint density at radius 3 is 2.40 bits per heavy atom. The van der Waals surface area contributed by atoms with Crippen molar-refractivity contribution < 1.29 is 9.59 Å². The minimum absolute atomic E-state index is 0.161. The number of hydrogen-bond acceptors (Lipinski definition) is 3. The predicted octanol–water partition coefficient (Wildman–Crippen LogP) is 4.25. The number of carbonyl (C=O) groups excluding carboxylic acids is 2. The van der Waals surface area contributed by atoms with Gasteiger partial charge in [-0.3, -0.25) is 19.4 Å². The molecule has 2 aliphatic rings. The Hall–Kier alpha value is -3.18. The summed E-state index contributed by atoms with van der Waals surface area (Å²) in [6, 6.07) is 13.5. The third-order valence-electron chi connectivity index (χ3n) is 6.30. The van der Waals surface area contributed by atoms with Crippen LogP contribution in [-0.4, -0.2) is 52.8 Å². The van der Waals surface area contributed by atoms with Gasteiger partial charge in [-0.15, -0.1) is 0 Å². The molecule has 1 aromatic heterocycles. The molecule has 0 atom stereocenters. The largest absolute Gasteiger partial charge is 0.360 e. The topological polar surface area (TPSA) is 56.4 Å². The molecule has 0 saturated heterocycles. The molecule has 0 bridgehead atoms. The average molecular weight is 399 g/mol. The average Bonchev–Trinajstić information content (AvgIpc) is 3.31. The maximum absolute atomic E-state index is 12.5. The van der Waals surface area contributed by atoms with Gasteiger partial charge in [-0.05, 0) is 43.0 Å². The number of amides is 2. The lowest BCUT2D eigenvalue weighted by Crippen LogP contribution is -2.35. The molecule has 0 saturated carbocycles. The van der Waals surface area contributed by atoms with E-state index in [1.54, 1.807) is 24.3 Å². The van der Waals surface area contributed by atoms with Gasteiger partial charge < -0.3 is 4.98 Å². The zero-order valence-corrected chi connectivity index (χ0v) is 17.1. The van der Waals surface area contributed by atoms with Gasteiger partial charge in [0.2, 0.25) is 0 Å². The van der Waals surface area contributed by atoms with Gasteiger partial charge in [0.1, 0.15) is 0 Å². The van der Waals surface area contributed by atoms with Gasteiger partial charge in [-0.25, -0.2) is 0 Å². The van der Waals surface area contributed by atoms with E-state index in [1.165, 1.54) is 32.5 Å². The van der Waals surface area contributed by atoms with Crippen molar-refractivity contribution in [2.24, 2.45) is 0 Å². The van der Waals surface area contributed by atoms with Crippen LogP contribution in [0.5, 0.6) is 0 Å². The van der Waals surface area contributed by atoms with Gasteiger partial charge in [-0.1, -0.05) is 36.4 Å². The molecule has 0 fully saturated rings. The van der Waals surface area contributed by atoms with E-state index in [4.69, 9.17) is 0 Å². The summed E-state index contributed by atoms with van der Waals surface area (Å²) >= 11 is 0. The molecule has 3 heterocycles. The van der Waals surface area contributed by atoms with E-state index in [9.17, 15) is 9.59 Å². The molecule has 5 rings (SSSR count). The number of H-pyrrole nitrogens is 1. The van der Waals surface area contributed by atoms with Crippen LogP contribution in [0, 0.1) is 6.92 Å². The number of aromatic amines is 1. The molecule has 30 heavy (non-hydrogen) atoms. The second-order valence-electron chi connectivity index (χ2n) is 8.14. The van der Waals surface area contributed by atoms with Crippen LogP contribution in [-0.2, 0) is 0 Å². The summed E-state index contributed by atoms with van der Waals surface area (Å²) in [4.78, 5) is 32.2. The number of para-hydroxylation sites is 1. The Morgan fingerprint density at radius 1 is 0.933 bits per heavy atom. The minimum atomic E-state index is -0.161. The van der Waals surface area contributed by atoms with Crippen molar-refractivity contribution in [3.63, 3.8) is 0 Å². The highest BCUT2D eigenvalue weighted by atomic mass is 16.2. The van der Waals surface area contributed by atoms with E-state index < -0.39 is 0 Å². The molecule has 2 aliphatic heterocycles. The van der Waals surface area contributed by atoms with Crippen LogP contribution < -0.4 is 0 Å². The van der Waals surface area contributed by atoms with Crippen LogP contribution in [0.15, 0.2) is 54.7 Å². The summed E-state index contributed by atoms with van der Waals surface area (Å²) in [5.41, 5.74) is 6.24. The van der Waals surface area contributed by atoms with Gasteiger partial charge in [0, 0.05) is 48.8 Å². The molecule has 0 aliphatic carbocycles. The fraction of sp³-hybridized carbons (Fsp3) is 0.280. The molecular formula is C25H25N3O2. The number of aryl methyl sites for hydroxylation is 1. The van der Waals surface area contributed by atoms with Crippen molar-refractivity contribution >= 4 is 28.3 Å². The number of aromatic nitrogens is 1. The minimum Gasteiger partial charge on any atom is -0.360 e. The maximum Gasteiger partial charge on any atom is 0.261 e. The fourth-order valence-corrected chi connectivity index (χ4v) is 4.63. The molecule has 5 nitrogen and oxygen atoms in total. The quantitative estimate of drug-likeness (QED) is 0.653. The highest BCUT2D eigenvalue weighted by Crippen LogP contribution is 2.30. The van der Waals surface area contributed by atoms with E-state index in [0.717, 1.165) is 32.5 Å². The maximum atomic E-state index is 12.5. The van der Waals surface area contributed by atoms with Gasteiger partial charge in [0.15, 0.2) is 0 Å². The summed E-state index contributed by atoms with van der Waals surface area (Å²) in [7, 11) is 0. The number of imide groups is 1. The van der Waals surface area contributed by atoms with Crippen LogP contribution in [0.4, 0.5) is 0 Å². The van der Waals surface area contributed by atoms with Crippen LogP contribution >= 0.6 is 0 Å². The van der Waals surface area contributed by atoms with Crippen molar-refractivity contribution in [3.05, 3.63) is 77.0 Å². The number of rotatable bonds is 5. The van der Waals surface area contributed by atoms with Gasteiger partial charge in [0.25, 0.3) is 11.8 Å². The molecule has 0 radical (unpaired) electrons. The first-order valence-electron chi connectivity index (χ1n) is 10.6. The molecule has 0 spiro atoms. The lowest BCUT2D eigenvalue weighted by Gasteiger charge is -2.27. The lowest BCUT2D eigenvalue weighted by molar-refractivity contribution is 0.0648. The third kappa shape index (κ3) is 3.15. The van der Waals surface area contributed by atoms with E-state index in [-0.39, 0.29) is 11.8 Å². The first-order chi connectivity index (χ1) is 14.6. The first kappa shape index (κ1) is 18.8. The van der Waals surface area contributed by atoms with Crippen LogP contribution in [0.25, 0.3) is 16.5 Å². The SMILES string of the molecule is Cc1cccc2c(C3=CCN(CCCN4C(=O)c5ccccc5C4=O)CC3)c[nH]c12. The molecule has 3 aromatic rings. The summed E-state index contributed by atoms with van der Waals surface area (Å²) < 4.78 is 0. The van der Waals surface area contributed by atoms with Crippen molar-refractivity contribution in [3.8, 4) is 0 Å². The summed E-state index contributed by atoms with van der Waals surface area (Å²) in [5, 5.41) is 1.29. The third-order valence-corrected chi connectivity index (χ3v) is 6.30. The number of nitrogens with one attached hydrogen (secondary N) is 1. The van der Waals surface area contributed by atoms with Crippen LogP contribution in [0.3, 0.4) is 0 Å². The summed E-state index contributed by atoms with van der Waals surface area (Å²) in [6.07, 6.45) is 6.24. The van der Waals surface area contributed by atoms with E-state index in [0.29, 0.717) is 17.7 Å². The van der Waals surface area contributed by atoms with E-state index in [1.807, 2.05) is 0 Å². The van der Waals surface area contributed by atoms with Gasteiger partial charge >= 0.3 is 0 Å². The van der Waals surface area contributed by atoms with Gasteiger partial charge in [-0.2, -0.15) is 0 Å². The Kier molecular flexibility index (Phi) is 4.75. The Bertz CT molecular complexity index is 1140. The fourth-order valence-electron chi connectivity index (χ4n) is 4.63. The number of fused-ring (bicyclic) bond motifs is 2. The summed E-state index contributed by atoms with van der Waals surface area (Å²) in [6.45, 7) is 5.38. The first-order valence-corrected chi connectivity index (χ1v) is 10.6. The molecule has 1 N–H and O–H groups in total. The standard InChI is InChI=1S/C25H25N3O2/c1-17-6-4-9-19-22(16-26-23(17)19)18-10-14-27(15-11-18)12-5-13-28-24(29)20-7-2-3-8-21(20)25(28)30/h2-4,6-10,16,26H,5,11-15H2,1H3. The number of carbonyl (C=O) groups is 2. The smallest absolute Gasteiger partial charge is 0.261 e. The van der Waals surface area contributed by atoms with Crippen LogP contribution in [0.1, 0.15) is 44.7 Å². The lowest BCUT2D eigenvalue weighted by atomic mass is 9.98. The molecule has 152 valence electrons. The second kappa shape index (κ2) is 7.58. The molecule has 2 amide bonds. The van der Waals surface area contributed by atoms with E-state index >= 15 is 0 Å². The van der Waals surface area contributed by atoms with E-state index in [2.05, 4.69) is 47.3 Å². The molecular weight excluding hydrogens is 374 g/mol. The predicted molar refractivity (Wildman–Crippen MR) is 118 cm³/mol.